The third kappa shape index (κ3) is 3.31. The number of hydrogen-bond donors (Lipinski definition) is 1. The molecule has 29 heavy (non-hydrogen) atoms. The lowest BCUT2D eigenvalue weighted by molar-refractivity contribution is 0.101. The second-order valence-electron chi connectivity index (χ2n) is 6.89. The first-order valence-corrected chi connectivity index (χ1v) is 9.11. The zero-order valence-electron chi connectivity index (χ0n) is 16.5. The molecule has 0 saturated heterocycles. The predicted octanol–water partition coefficient (Wildman–Crippen LogP) is 4.86. The molecule has 0 atom stereocenters. The maximum Gasteiger partial charge on any atom is 0.259 e. The maximum absolute atomic E-state index is 13.2. The second kappa shape index (κ2) is 7.01. The molecule has 0 bridgehead atoms. The summed E-state index contributed by atoms with van der Waals surface area (Å²) in [6, 6.07) is 10.4. The van der Waals surface area contributed by atoms with E-state index in [9.17, 15) is 9.59 Å². The van der Waals surface area contributed by atoms with Crippen molar-refractivity contribution in [2.24, 2.45) is 0 Å². The van der Waals surface area contributed by atoms with Gasteiger partial charge in [-0.05, 0) is 52.0 Å². The number of rotatable bonds is 4. The van der Waals surface area contributed by atoms with E-state index in [2.05, 4.69) is 15.5 Å². The van der Waals surface area contributed by atoms with Gasteiger partial charge < -0.3 is 14.3 Å². The Morgan fingerprint density at radius 3 is 2.48 bits per heavy atom. The molecular formula is C22H19N3O4. The van der Waals surface area contributed by atoms with Gasteiger partial charge in [0.05, 0.1) is 28.0 Å². The highest BCUT2D eigenvalue weighted by atomic mass is 16.5. The summed E-state index contributed by atoms with van der Waals surface area (Å²) in [6.07, 6.45) is 0. The average Bonchev–Trinajstić information content (AvgIpc) is 3.22. The molecule has 7 heteroatoms. The normalized spacial score (nSPS) is 11.0. The Hall–Kier alpha value is -3.74. The molecule has 0 fully saturated rings. The molecule has 0 unspecified atom stereocenters. The minimum absolute atomic E-state index is 0.132. The summed E-state index contributed by atoms with van der Waals surface area (Å²) in [7, 11) is 0. The first-order valence-electron chi connectivity index (χ1n) is 9.11. The number of hydrogen-bond acceptors (Lipinski definition) is 6. The number of para-hydroxylation sites is 1. The Bertz CT molecular complexity index is 1270. The average molecular weight is 389 g/mol. The summed E-state index contributed by atoms with van der Waals surface area (Å²) in [4.78, 5) is 29.6. The van der Waals surface area contributed by atoms with Crippen LogP contribution in [0.4, 0.5) is 5.69 Å². The summed E-state index contributed by atoms with van der Waals surface area (Å²) in [5, 5.41) is 7.33. The number of nitrogens with one attached hydrogen (secondary N) is 1. The lowest BCUT2D eigenvalue weighted by atomic mass is 10.0. The van der Waals surface area contributed by atoms with Crippen LogP contribution in [0.15, 0.2) is 45.3 Å². The van der Waals surface area contributed by atoms with Gasteiger partial charge in [0, 0.05) is 11.1 Å². The Morgan fingerprint density at radius 1 is 1.03 bits per heavy atom. The molecule has 0 aliphatic heterocycles. The Balaban J connectivity index is 1.84. The monoisotopic (exact) mass is 389 g/mol. The largest absolute Gasteiger partial charge is 0.466 e. The highest BCUT2D eigenvalue weighted by Crippen LogP contribution is 2.31. The molecule has 0 aliphatic rings. The van der Waals surface area contributed by atoms with Crippen LogP contribution in [0.2, 0.25) is 0 Å². The first kappa shape index (κ1) is 18.6. The van der Waals surface area contributed by atoms with Gasteiger partial charge in [0.15, 0.2) is 5.78 Å². The van der Waals surface area contributed by atoms with Gasteiger partial charge in [-0.15, -0.1) is 0 Å². The van der Waals surface area contributed by atoms with Crippen molar-refractivity contribution in [1.29, 1.82) is 0 Å². The predicted molar refractivity (Wildman–Crippen MR) is 108 cm³/mol. The van der Waals surface area contributed by atoms with Crippen LogP contribution >= 0.6 is 0 Å². The number of furan rings is 1. The number of carbonyl (C=O) groups excluding carboxylic acids is 2. The molecule has 0 spiro atoms. The molecule has 3 heterocycles. The van der Waals surface area contributed by atoms with Crippen molar-refractivity contribution in [3.63, 3.8) is 0 Å². The van der Waals surface area contributed by atoms with Crippen molar-refractivity contribution in [2.45, 2.75) is 27.7 Å². The number of anilines is 1. The number of aromatic nitrogens is 2. The number of nitrogens with zero attached hydrogens (tertiary/aromatic N) is 2. The van der Waals surface area contributed by atoms with Crippen LogP contribution in [-0.4, -0.2) is 21.8 Å². The molecule has 7 nitrogen and oxygen atoms in total. The number of benzene rings is 1. The van der Waals surface area contributed by atoms with Crippen molar-refractivity contribution in [1.82, 2.24) is 10.1 Å². The van der Waals surface area contributed by atoms with Crippen LogP contribution in [0.1, 0.15) is 44.9 Å². The van der Waals surface area contributed by atoms with E-state index in [0.29, 0.717) is 39.3 Å². The number of pyridine rings is 1. The number of carbonyl (C=O) groups is 2. The Labute approximate surface area is 166 Å². The topological polar surface area (TPSA) is 98.2 Å². The molecule has 0 aliphatic carbocycles. The van der Waals surface area contributed by atoms with E-state index in [0.717, 1.165) is 11.3 Å². The van der Waals surface area contributed by atoms with Gasteiger partial charge in [0.2, 0.25) is 0 Å². The van der Waals surface area contributed by atoms with Gasteiger partial charge in [-0.25, -0.2) is 4.98 Å². The van der Waals surface area contributed by atoms with E-state index in [4.69, 9.17) is 8.94 Å². The van der Waals surface area contributed by atoms with E-state index in [1.54, 1.807) is 37.3 Å². The third-order valence-electron chi connectivity index (χ3n) is 4.73. The van der Waals surface area contributed by atoms with E-state index in [1.165, 1.54) is 6.92 Å². The molecule has 146 valence electrons. The molecule has 1 amide bonds. The van der Waals surface area contributed by atoms with Crippen molar-refractivity contribution in [2.75, 3.05) is 5.32 Å². The van der Waals surface area contributed by atoms with Crippen LogP contribution in [0.5, 0.6) is 0 Å². The smallest absolute Gasteiger partial charge is 0.259 e. The van der Waals surface area contributed by atoms with Crippen LogP contribution < -0.4 is 5.32 Å². The fourth-order valence-corrected chi connectivity index (χ4v) is 3.39. The summed E-state index contributed by atoms with van der Waals surface area (Å²) >= 11 is 0. The molecule has 4 rings (SSSR count). The van der Waals surface area contributed by atoms with Crippen molar-refractivity contribution in [3.8, 4) is 11.3 Å². The lowest BCUT2D eigenvalue weighted by Gasteiger charge is -2.10. The van der Waals surface area contributed by atoms with Gasteiger partial charge >= 0.3 is 0 Å². The lowest BCUT2D eigenvalue weighted by Crippen LogP contribution is -2.15. The van der Waals surface area contributed by atoms with Crippen molar-refractivity contribution < 1.29 is 18.5 Å². The van der Waals surface area contributed by atoms with E-state index >= 15 is 0 Å². The van der Waals surface area contributed by atoms with Crippen LogP contribution in [-0.2, 0) is 0 Å². The molecule has 0 saturated carbocycles. The van der Waals surface area contributed by atoms with E-state index in [1.807, 2.05) is 19.9 Å². The van der Waals surface area contributed by atoms with Gasteiger partial charge in [-0.1, -0.05) is 17.3 Å². The molecule has 1 N–H and O–H groups in total. The van der Waals surface area contributed by atoms with Gasteiger partial charge in [0.1, 0.15) is 11.5 Å². The quantitative estimate of drug-likeness (QED) is 0.500. The molecule has 1 aromatic carbocycles. The Kier molecular flexibility index (Phi) is 4.50. The zero-order chi connectivity index (χ0) is 20.7. The minimum Gasteiger partial charge on any atom is -0.466 e. The highest BCUT2D eigenvalue weighted by molar-refractivity contribution is 6.15. The summed E-state index contributed by atoms with van der Waals surface area (Å²) in [5.74, 6) is 0.928. The van der Waals surface area contributed by atoms with Crippen LogP contribution in [0.25, 0.3) is 22.4 Å². The van der Waals surface area contributed by atoms with Crippen LogP contribution in [0.3, 0.4) is 0 Å². The van der Waals surface area contributed by atoms with Crippen molar-refractivity contribution in [3.05, 3.63) is 64.7 Å². The van der Waals surface area contributed by atoms with Gasteiger partial charge in [-0.2, -0.15) is 0 Å². The summed E-state index contributed by atoms with van der Waals surface area (Å²) in [6.45, 7) is 6.89. The fraction of sp³-hybridized carbons (Fsp3) is 0.182. The summed E-state index contributed by atoms with van der Waals surface area (Å²) in [5.41, 5.74) is 3.40. The van der Waals surface area contributed by atoms with Crippen LogP contribution in [0, 0.1) is 20.8 Å². The molecule has 3 aromatic heterocycles. The molecule has 4 aromatic rings. The minimum atomic E-state index is -0.378. The summed E-state index contributed by atoms with van der Waals surface area (Å²) < 4.78 is 10.9. The molecular weight excluding hydrogens is 370 g/mol. The molecule has 0 radical (unpaired) electrons. The SMILES string of the molecule is CC(=O)c1ccccc1NC(=O)c1cc(-c2cc(C)oc2C)nc2onc(C)c12. The van der Waals surface area contributed by atoms with Gasteiger partial charge in [0.25, 0.3) is 11.6 Å². The standard InChI is InChI=1S/C22H19N3O4/c1-11-9-16(14(4)28-11)19-10-17(20-12(2)25-29-22(20)24-19)21(27)23-18-8-6-5-7-15(18)13(3)26/h5-10H,1-4H3,(H,23,27). The maximum atomic E-state index is 13.2. The number of fused-ring (bicyclic) bond motifs is 1. The second-order valence-corrected chi connectivity index (χ2v) is 6.89. The van der Waals surface area contributed by atoms with E-state index in [-0.39, 0.29) is 17.4 Å². The number of ketones is 1. The number of amides is 1. The number of Topliss-reactive ketones (excluding diaryl/α,β-unsaturated/α-hetero) is 1. The first-order chi connectivity index (χ1) is 13.8. The number of aryl methyl sites for hydroxylation is 3. The van der Waals surface area contributed by atoms with Gasteiger partial charge in [-0.3, -0.25) is 9.59 Å². The van der Waals surface area contributed by atoms with Crippen molar-refractivity contribution >= 4 is 28.5 Å². The fourth-order valence-electron chi connectivity index (χ4n) is 3.39. The third-order valence-corrected chi connectivity index (χ3v) is 4.73. The Morgan fingerprint density at radius 2 is 1.79 bits per heavy atom. The zero-order valence-corrected chi connectivity index (χ0v) is 16.5. The highest BCUT2D eigenvalue weighted by Gasteiger charge is 2.22. The van der Waals surface area contributed by atoms with E-state index < -0.39 is 0 Å².